The Morgan fingerprint density at radius 1 is 1.44 bits per heavy atom. The molecule has 0 fully saturated rings. The molecule has 1 rings (SSSR count). The van der Waals surface area contributed by atoms with Gasteiger partial charge < -0.3 is 9.84 Å². The minimum absolute atomic E-state index is 0.245. The number of esters is 1. The molecule has 0 aliphatic carbocycles. The number of aliphatic hydroxyl groups excluding tert-OH is 1. The number of rotatable bonds is 5. The summed E-state index contributed by atoms with van der Waals surface area (Å²) in [5.41, 5.74) is 1.49. The molecule has 2 atom stereocenters. The molecule has 18 heavy (non-hydrogen) atoms. The van der Waals surface area contributed by atoms with Crippen molar-refractivity contribution in [3.8, 4) is 0 Å². The minimum Gasteiger partial charge on any atom is -0.464 e. The smallest absolute Gasteiger partial charge is 0.339 e. The Kier molecular flexibility index (Phi) is 5.63. The molecule has 1 N–H and O–H groups in total. The van der Waals surface area contributed by atoms with Crippen molar-refractivity contribution in [2.75, 3.05) is 6.61 Å². The zero-order valence-electron chi connectivity index (χ0n) is 10.9. The lowest BCUT2D eigenvalue weighted by Gasteiger charge is -2.14. The van der Waals surface area contributed by atoms with Gasteiger partial charge in [0.25, 0.3) is 0 Å². The summed E-state index contributed by atoms with van der Waals surface area (Å²) >= 11 is 6.17. The lowest BCUT2D eigenvalue weighted by molar-refractivity contribution is -0.153. The standard InChI is InChI=1S/C14H19ClO3/c1-4-9(3)11-7-6-10(8-12(11)15)13(16)14(17)18-5-2/h6-9,13,16H,4-5H2,1-3H3. The monoisotopic (exact) mass is 270 g/mol. The van der Waals surface area contributed by atoms with Crippen LogP contribution in [0.2, 0.25) is 5.02 Å². The summed E-state index contributed by atoms with van der Waals surface area (Å²) in [4.78, 5) is 11.4. The average molecular weight is 271 g/mol. The maximum Gasteiger partial charge on any atom is 0.339 e. The highest BCUT2D eigenvalue weighted by Crippen LogP contribution is 2.29. The van der Waals surface area contributed by atoms with Gasteiger partial charge in [-0.25, -0.2) is 4.79 Å². The van der Waals surface area contributed by atoms with E-state index in [2.05, 4.69) is 13.8 Å². The van der Waals surface area contributed by atoms with E-state index in [-0.39, 0.29) is 6.61 Å². The van der Waals surface area contributed by atoms with Crippen LogP contribution in [0, 0.1) is 0 Å². The molecular weight excluding hydrogens is 252 g/mol. The molecule has 0 radical (unpaired) electrons. The van der Waals surface area contributed by atoms with E-state index in [1.807, 2.05) is 6.07 Å². The zero-order chi connectivity index (χ0) is 13.7. The van der Waals surface area contributed by atoms with Crippen molar-refractivity contribution in [3.05, 3.63) is 34.3 Å². The molecule has 4 heteroatoms. The summed E-state index contributed by atoms with van der Waals surface area (Å²) in [5.74, 6) is -0.295. The fraction of sp³-hybridized carbons (Fsp3) is 0.500. The fourth-order valence-electron chi connectivity index (χ4n) is 1.69. The van der Waals surface area contributed by atoms with Crippen LogP contribution in [0.25, 0.3) is 0 Å². The molecule has 100 valence electrons. The van der Waals surface area contributed by atoms with E-state index in [1.165, 1.54) is 0 Å². The number of benzene rings is 1. The summed E-state index contributed by atoms with van der Waals surface area (Å²) in [6, 6.07) is 5.20. The third kappa shape index (κ3) is 3.47. The van der Waals surface area contributed by atoms with Gasteiger partial charge in [0.1, 0.15) is 0 Å². The number of carbonyl (C=O) groups excluding carboxylic acids is 1. The predicted molar refractivity (Wildman–Crippen MR) is 71.8 cm³/mol. The van der Waals surface area contributed by atoms with Crippen molar-refractivity contribution in [3.63, 3.8) is 0 Å². The molecule has 0 spiro atoms. The zero-order valence-corrected chi connectivity index (χ0v) is 11.7. The quantitative estimate of drug-likeness (QED) is 0.834. The van der Waals surface area contributed by atoms with Gasteiger partial charge in [-0.1, -0.05) is 37.6 Å². The van der Waals surface area contributed by atoms with E-state index in [0.29, 0.717) is 16.5 Å². The van der Waals surface area contributed by atoms with E-state index >= 15 is 0 Å². The van der Waals surface area contributed by atoms with Crippen LogP contribution in [0.5, 0.6) is 0 Å². The molecule has 1 aromatic carbocycles. The number of hydrogen-bond donors (Lipinski definition) is 1. The van der Waals surface area contributed by atoms with Crippen LogP contribution >= 0.6 is 11.6 Å². The SMILES string of the molecule is CCOC(=O)C(O)c1ccc(C(C)CC)c(Cl)c1. The molecule has 0 bridgehead atoms. The van der Waals surface area contributed by atoms with Crippen LogP contribution in [0.3, 0.4) is 0 Å². The normalized spacial score (nSPS) is 14.1. The molecule has 3 nitrogen and oxygen atoms in total. The van der Waals surface area contributed by atoms with Crippen molar-refractivity contribution in [1.29, 1.82) is 0 Å². The van der Waals surface area contributed by atoms with Crippen molar-refractivity contribution in [2.45, 2.75) is 39.2 Å². The number of halogens is 1. The van der Waals surface area contributed by atoms with Gasteiger partial charge in [-0.05, 0) is 36.5 Å². The Bertz CT molecular complexity index is 418. The highest BCUT2D eigenvalue weighted by Gasteiger charge is 2.20. The Morgan fingerprint density at radius 3 is 2.61 bits per heavy atom. The van der Waals surface area contributed by atoms with E-state index in [9.17, 15) is 9.90 Å². The van der Waals surface area contributed by atoms with Gasteiger partial charge in [0, 0.05) is 5.02 Å². The summed E-state index contributed by atoms with van der Waals surface area (Å²) in [5, 5.41) is 10.4. The van der Waals surface area contributed by atoms with Gasteiger partial charge >= 0.3 is 5.97 Å². The van der Waals surface area contributed by atoms with Gasteiger partial charge in [-0.15, -0.1) is 0 Å². The second kappa shape index (κ2) is 6.76. The molecule has 0 saturated heterocycles. The molecule has 0 aliphatic heterocycles. The largest absolute Gasteiger partial charge is 0.464 e. The number of hydrogen-bond acceptors (Lipinski definition) is 3. The van der Waals surface area contributed by atoms with Gasteiger partial charge in [-0.3, -0.25) is 0 Å². The third-order valence-corrected chi connectivity index (χ3v) is 3.32. The van der Waals surface area contributed by atoms with Crippen molar-refractivity contribution in [1.82, 2.24) is 0 Å². The summed E-state index contributed by atoms with van der Waals surface area (Å²) in [6.45, 7) is 6.11. The molecular formula is C14H19ClO3. The summed E-state index contributed by atoms with van der Waals surface area (Å²) in [7, 11) is 0. The first kappa shape index (κ1) is 15.0. The lowest BCUT2D eigenvalue weighted by atomic mass is 9.96. The first-order valence-corrected chi connectivity index (χ1v) is 6.53. The van der Waals surface area contributed by atoms with E-state index in [0.717, 1.165) is 12.0 Å². The van der Waals surface area contributed by atoms with Crippen molar-refractivity contribution < 1.29 is 14.6 Å². The second-order valence-corrected chi connectivity index (χ2v) is 4.65. The van der Waals surface area contributed by atoms with Crippen LogP contribution in [0.15, 0.2) is 18.2 Å². The first-order valence-electron chi connectivity index (χ1n) is 6.15. The lowest BCUT2D eigenvalue weighted by Crippen LogP contribution is -2.15. The highest BCUT2D eigenvalue weighted by atomic mass is 35.5. The third-order valence-electron chi connectivity index (χ3n) is 2.99. The summed E-state index contributed by atoms with van der Waals surface area (Å²) < 4.78 is 4.76. The molecule has 0 aliphatic rings. The van der Waals surface area contributed by atoms with E-state index in [4.69, 9.17) is 16.3 Å². The van der Waals surface area contributed by atoms with E-state index < -0.39 is 12.1 Å². The Balaban J connectivity index is 2.93. The van der Waals surface area contributed by atoms with Crippen LogP contribution in [-0.2, 0) is 9.53 Å². The van der Waals surface area contributed by atoms with Crippen LogP contribution in [0.4, 0.5) is 0 Å². The Morgan fingerprint density at radius 2 is 2.11 bits per heavy atom. The van der Waals surface area contributed by atoms with Gasteiger partial charge in [0.05, 0.1) is 6.61 Å². The highest BCUT2D eigenvalue weighted by molar-refractivity contribution is 6.31. The molecule has 0 amide bonds. The predicted octanol–water partition coefficient (Wildman–Crippen LogP) is 3.45. The summed E-state index contributed by atoms with van der Waals surface area (Å²) in [6.07, 6.45) is -0.284. The first-order chi connectivity index (χ1) is 8.51. The van der Waals surface area contributed by atoms with Crippen LogP contribution in [0.1, 0.15) is 50.3 Å². The minimum atomic E-state index is -1.27. The van der Waals surface area contributed by atoms with Gasteiger partial charge in [0.15, 0.2) is 6.10 Å². The van der Waals surface area contributed by atoms with Crippen LogP contribution in [-0.4, -0.2) is 17.7 Å². The average Bonchev–Trinajstić information content (AvgIpc) is 2.37. The molecule has 1 aromatic rings. The molecule has 0 saturated carbocycles. The molecule has 2 unspecified atom stereocenters. The molecule has 0 heterocycles. The number of ether oxygens (including phenoxy) is 1. The Labute approximate surface area is 113 Å². The maximum absolute atomic E-state index is 11.4. The topological polar surface area (TPSA) is 46.5 Å². The van der Waals surface area contributed by atoms with E-state index in [1.54, 1.807) is 19.1 Å². The van der Waals surface area contributed by atoms with Gasteiger partial charge in [-0.2, -0.15) is 0 Å². The maximum atomic E-state index is 11.4. The fourth-order valence-corrected chi connectivity index (χ4v) is 2.07. The Hall–Kier alpha value is -1.06. The molecule has 0 aromatic heterocycles. The van der Waals surface area contributed by atoms with Crippen molar-refractivity contribution in [2.24, 2.45) is 0 Å². The number of aliphatic hydroxyl groups is 1. The van der Waals surface area contributed by atoms with Crippen molar-refractivity contribution >= 4 is 17.6 Å². The van der Waals surface area contributed by atoms with Gasteiger partial charge in [0.2, 0.25) is 0 Å². The second-order valence-electron chi connectivity index (χ2n) is 4.24. The van der Waals surface area contributed by atoms with Crippen LogP contribution < -0.4 is 0 Å². The number of carbonyl (C=O) groups is 1.